The Morgan fingerprint density at radius 3 is 2.61 bits per heavy atom. The van der Waals surface area contributed by atoms with E-state index in [9.17, 15) is 4.79 Å². The van der Waals surface area contributed by atoms with Crippen LogP contribution in [0.2, 0.25) is 0 Å². The molecule has 0 unspecified atom stereocenters. The van der Waals surface area contributed by atoms with Crippen molar-refractivity contribution in [2.24, 2.45) is 0 Å². The maximum atomic E-state index is 12.6. The lowest BCUT2D eigenvalue weighted by Gasteiger charge is -2.21. The van der Waals surface area contributed by atoms with Crippen LogP contribution in [-0.4, -0.2) is 53.4 Å². The highest BCUT2D eigenvalue weighted by Gasteiger charge is 2.17. The normalized spacial score (nSPS) is 16.0. The van der Waals surface area contributed by atoms with Crippen molar-refractivity contribution in [3.8, 4) is 0 Å². The molecular weight excluding hydrogens is 348 g/mol. The van der Waals surface area contributed by atoms with E-state index in [-0.39, 0.29) is 5.91 Å². The number of benzene rings is 2. The number of carbonyl (C=O) groups is 1. The molecule has 1 amide bonds. The summed E-state index contributed by atoms with van der Waals surface area (Å²) in [5, 5.41) is 4.04. The van der Waals surface area contributed by atoms with Gasteiger partial charge in [-0.3, -0.25) is 19.6 Å². The van der Waals surface area contributed by atoms with Gasteiger partial charge < -0.3 is 5.32 Å². The van der Waals surface area contributed by atoms with E-state index < -0.39 is 0 Å². The Balaban J connectivity index is 1.32. The topological polar surface area (TPSA) is 48.5 Å². The van der Waals surface area contributed by atoms with Gasteiger partial charge >= 0.3 is 0 Å². The molecule has 0 aliphatic carbocycles. The fraction of sp³-hybridized carbons (Fsp3) is 0.304. The largest absolute Gasteiger partial charge is 0.324 e. The Bertz CT molecular complexity index is 923. The van der Waals surface area contributed by atoms with Crippen LogP contribution in [0.3, 0.4) is 0 Å². The van der Waals surface area contributed by atoms with Crippen molar-refractivity contribution >= 4 is 22.5 Å². The molecule has 0 saturated carbocycles. The number of amides is 1. The Hall–Kier alpha value is -2.76. The number of hydrogen-bond donors (Lipinski definition) is 1. The third kappa shape index (κ3) is 4.74. The second kappa shape index (κ2) is 8.95. The van der Waals surface area contributed by atoms with Crippen molar-refractivity contribution in [3.05, 3.63) is 72.4 Å². The summed E-state index contributed by atoms with van der Waals surface area (Å²) in [5.74, 6) is 0.0351. The van der Waals surface area contributed by atoms with Crippen LogP contribution in [0.15, 0.2) is 66.9 Å². The molecule has 1 aromatic heterocycles. The molecule has 144 valence electrons. The fourth-order valence-electron chi connectivity index (χ4n) is 3.79. The first-order valence-electron chi connectivity index (χ1n) is 9.90. The SMILES string of the molecule is O=C(CN1CCCN(Cc2ccccc2)CC1)Nc1cccc2ncccc12. The van der Waals surface area contributed by atoms with Crippen LogP contribution in [0.1, 0.15) is 12.0 Å². The first-order chi connectivity index (χ1) is 13.8. The molecule has 0 atom stereocenters. The summed E-state index contributed by atoms with van der Waals surface area (Å²) in [6.45, 7) is 5.33. The molecule has 4 rings (SSSR count). The zero-order valence-corrected chi connectivity index (χ0v) is 16.1. The summed E-state index contributed by atoms with van der Waals surface area (Å²) in [6.07, 6.45) is 2.85. The van der Waals surface area contributed by atoms with E-state index in [2.05, 4.69) is 50.4 Å². The van der Waals surface area contributed by atoms with Crippen LogP contribution in [-0.2, 0) is 11.3 Å². The number of aromatic nitrogens is 1. The molecule has 1 N–H and O–H groups in total. The smallest absolute Gasteiger partial charge is 0.238 e. The highest BCUT2D eigenvalue weighted by Crippen LogP contribution is 2.21. The van der Waals surface area contributed by atoms with Crippen molar-refractivity contribution in [2.75, 3.05) is 38.0 Å². The van der Waals surface area contributed by atoms with Crippen LogP contribution in [0.4, 0.5) is 5.69 Å². The highest BCUT2D eigenvalue weighted by atomic mass is 16.2. The molecule has 5 nitrogen and oxygen atoms in total. The quantitative estimate of drug-likeness (QED) is 0.744. The summed E-state index contributed by atoms with van der Waals surface area (Å²) >= 11 is 0. The molecule has 1 aliphatic rings. The Morgan fingerprint density at radius 2 is 1.71 bits per heavy atom. The van der Waals surface area contributed by atoms with Crippen molar-refractivity contribution in [1.29, 1.82) is 0 Å². The van der Waals surface area contributed by atoms with Gasteiger partial charge in [0.25, 0.3) is 0 Å². The number of rotatable bonds is 5. The molecule has 28 heavy (non-hydrogen) atoms. The van der Waals surface area contributed by atoms with Gasteiger partial charge in [0.05, 0.1) is 17.7 Å². The first-order valence-corrected chi connectivity index (χ1v) is 9.90. The van der Waals surface area contributed by atoms with E-state index in [0.29, 0.717) is 6.54 Å². The minimum Gasteiger partial charge on any atom is -0.324 e. The predicted molar refractivity (Wildman–Crippen MR) is 113 cm³/mol. The summed E-state index contributed by atoms with van der Waals surface area (Å²) in [7, 11) is 0. The van der Waals surface area contributed by atoms with Gasteiger partial charge in [0.1, 0.15) is 0 Å². The number of fused-ring (bicyclic) bond motifs is 1. The van der Waals surface area contributed by atoms with Gasteiger partial charge in [-0.05, 0) is 49.3 Å². The lowest BCUT2D eigenvalue weighted by atomic mass is 10.2. The molecular formula is C23H26N4O. The maximum absolute atomic E-state index is 12.6. The average Bonchev–Trinajstić information content (AvgIpc) is 2.94. The van der Waals surface area contributed by atoms with Crippen LogP contribution < -0.4 is 5.32 Å². The molecule has 3 aromatic rings. The molecule has 1 fully saturated rings. The minimum absolute atomic E-state index is 0.0351. The number of pyridine rings is 1. The number of hydrogen-bond acceptors (Lipinski definition) is 4. The second-order valence-corrected chi connectivity index (χ2v) is 7.32. The highest BCUT2D eigenvalue weighted by molar-refractivity contribution is 6.01. The average molecular weight is 374 g/mol. The standard InChI is InChI=1S/C23H26N4O/c28-23(25-22-11-4-10-21-20(22)9-5-12-24-21)18-27-14-6-13-26(15-16-27)17-19-7-2-1-3-8-19/h1-5,7-12H,6,13-18H2,(H,25,28). The molecule has 0 bridgehead atoms. The molecule has 2 aromatic carbocycles. The number of carbonyl (C=O) groups excluding carboxylic acids is 1. The van der Waals surface area contributed by atoms with E-state index >= 15 is 0 Å². The first kappa shape index (κ1) is 18.6. The van der Waals surface area contributed by atoms with Gasteiger partial charge in [0.2, 0.25) is 5.91 Å². The molecule has 1 aliphatic heterocycles. The van der Waals surface area contributed by atoms with E-state index in [1.54, 1.807) is 6.20 Å². The number of nitrogens with one attached hydrogen (secondary N) is 1. The molecule has 1 saturated heterocycles. The lowest BCUT2D eigenvalue weighted by molar-refractivity contribution is -0.117. The number of nitrogens with zero attached hydrogens (tertiary/aromatic N) is 3. The van der Waals surface area contributed by atoms with Crippen molar-refractivity contribution in [2.45, 2.75) is 13.0 Å². The Labute approximate surface area is 166 Å². The van der Waals surface area contributed by atoms with E-state index in [0.717, 1.165) is 55.7 Å². The van der Waals surface area contributed by atoms with Crippen molar-refractivity contribution in [3.63, 3.8) is 0 Å². The zero-order chi connectivity index (χ0) is 19.2. The van der Waals surface area contributed by atoms with Crippen LogP contribution >= 0.6 is 0 Å². The predicted octanol–water partition coefficient (Wildman–Crippen LogP) is 3.38. The maximum Gasteiger partial charge on any atom is 0.238 e. The monoisotopic (exact) mass is 374 g/mol. The number of anilines is 1. The minimum atomic E-state index is 0.0351. The van der Waals surface area contributed by atoms with Gasteiger partial charge in [-0.1, -0.05) is 36.4 Å². The Kier molecular flexibility index (Phi) is 5.95. The van der Waals surface area contributed by atoms with Gasteiger partial charge in [-0.2, -0.15) is 0 Å². The summed E-state index contributed by atoms with van der Waals surface area (Å²) in [6, 6.07) is 20.3. The third-order valence-electron chi connectivity index (χ3n) is 5.22. The molecule has 0 spiro atoms. The van der Waals surface area contributed by atoms with Gasteiger partial charge in [0, 0.05) is 31.2 Å². The third-order valence-corrected chi connectivity index (χ3v) is 5.22. The summed E-state index contributed by atoms with van der Waals surface area (Å²) in [4.78, 5) is 21.7. The van der Waals surface area contributed by atoms with Gasteiger partial charge in [0.15, 0.2) is 0 Å². The Morgan fingerprint density at radius 1 is 0.893 bits per heavy atom. The van der Waals surface area contributed by atoms with Crippen molar-refractivity contribution < 1.29 is 4.79 Å². The van der Waals surface area contributed by atoms with E-state index in [1.807, 2.05) is 30.3 Å². The van der Waals surface area contributed by atoms with Gasteiger partial charge in [-0.15, -0.1) is 0 Å². The van der Waals surface area contributed by atoms with Crippen LogP contribution in [0.5, 0.6) is 0 Å². The van der Waals surface area contributed by atoms with Crippen molar-refractivity contribution in [1.82, 2.24) is 14.8 Å². The summed E-state index contributed by atoms with van der Waals surface area (Å²) in [5.41, 5.74) is 3.07. The fourth-order valence-corrected chi connectivity index (χ4v) is 3.79. The lowest BCUT2D eigenvalue weighted by Crippen LogP contribution is -2.36. The van der Waals surface area contributed by atoms with Gasteiger partial charge in [-0.25, -0.2) is 0 Å². The van der Waals surface area contributed by atoms with Crippen LogP contribution in [0.25, 0.3) is 10.9 Å². The zero-order valence-electron chi connectivity index (χ0n) is 16.1. The molecule has 0 radical (unpaired) electrons. The molecule has 5 heteroatoms. The molecule has 2 heterocycles. The van der Waals surface area contributed by atoms with E-state index in [1.165, 1.54) is 5.56 Å². The van der Waals surface area contributed by atoms with Crippen LogP contribution in [0, 0.1) is 0 Å². The van der Waals surface area contributed by atoms with E-state index in [4.69, 9.17) is 0 Å². The second-order valence-electron chi connectivity index (χ2n) is 7.32. The summed E-state index contributed by atoms with van der Waals surface area (Å²) < 4.78 is 0.